The van der Waals surface area contributed by atoms with E-state index in [1.54, 1.807) is 6.07 Å². The van der Waals surface area contributed by atoms with E-state index in [1.807, 2.05) is 49.4 Å². The number of hydrogen-bond acceptors (Lipinski definition) is 3. The minimum atomic E-state index is -0.152. The van der Waals surface area contributed by atoms with Crippen LogP contribution in [0.3, 0.4) is 0 Å². The molecule has 1 heterocycles. The van der Waals surface area contributed by atoms with Crippen LogP contribution in [0.25, 0.3) is 10.9 Å². The molecule has 26 heavy (non-hydrogen) atoms. The molecule has 7 heteroatoms. The van der Waals surface area contributed by atoms with E-state index in [0.717, 1.165) is 21.6 Å². The Balaban J connectivity index is 1.68. The van der Waals surface area contributed by atoms with Crippen LogP contribution in [0.2, 0.25) is 0 Å². The second-order valence-corrected chi connectivity index (χ2v) is 6.96. The van der Waals surface area contributed by atoms with Gasteiger partial charge >= 0.3 is 0 Å². The van der Waals surface area contributed by atoms with Crippen LogP contribution in [0.5, 0.6) is 0 Å². The third kappa shape index (κ3) is 4.56. The molecule has 6 nitrogen and oxygen atoms in total. The molecule has 3 N–H and O–H groups in total. The zero-order valence-corrected chi connectivity index (χ0v) is 16.0. The lowest BCUT2D eigenvalue weighted by molar-refractivity contribution is -0.904. The summed E-state index contributed by atoms with van der Waals surface area (Å²) in [5.41, 5.74) is 1.27. The number of nitrogens with one attached hydrogen (secondary N) is 3. The van der Waals surface area contributed by atoms with Crippen LogP contribution < -0.4 is 15.8 Å². The van der Waals surface area contributed by atoms with E-state index >= 15 is 0 Å². The monoisotopic (exact) mass is 415 g/mol. The van der Waals surface area contributed by atoms with Crippen molar-refractivity contribution in [2.24, 2.45) is 0 Å². The fourth-order valence-electron chi connectivity index (χ4n) is 2.73. The van der Waals surface area contributed by atoms with E-state index in [1.165, 1.54) is 0 Å². The largest absolute Gasteiger partial charge is 0.321 e. The minimum Gasteiger partial charge on any atom is -0.321 e. The summed E-state index contributed by atoms with van der Waals surface area (Å²) < 4.78 is 0.961. The Hall–Kier alpha value is -2.51. The first-order chi connectivity index (χ1) is 12.5. The zero-order chi connectivity index (χ0) is 18.5. The van der Waals surface area contributed by atoms with Gasteiger partial charge in [0, 0.05) is 10.2 Å². The Morgan fingerprint density at radius 2 is 1.92 bits per heavy atom. The number of carbonyl (C=O) groups excluding carboxylic acids is 1. The van der Waals surface area contributed by atoms with E-state index in [9.17, 15) is 9.59 Å². The molecule has 1 unspecified atom stereocenters. The Kier molecular flexibility index (Phi) is 5.80. The number of rotatable bonds is 6. The van der Waals surface area contributed by atoms with Gasteiger partial charge in [0.15, 0.2) is 12.4 Å². The van der Waals surface area contributed by atoms with Crippen molar-refractivity contribution in [1.82, 2.24) is 9.97 Å². The quantitative estimate of drug-likeness (QED) is 0.573. The molecule has 3 aromatic rings. The van der Waals surface area contributed by atoms with Gasteiger partial charge in [-0.1, -0.05) is 28.1 Å². The van der Waals surface area contributed by atoms with Gasteiger partial charge in [0.05, 0.1) is 17.4 Å². The number of benzene rings is 2. The van der Waals surface area contributed by atoms with Gasteiger partial charge in [-0.15, -0.1) is 0 Å². The van der Waals surface area contributed by atoms with Crippen LogP contribution in [0.15, 0.2) is 57.8 Å². The van der Waals surface area contributed by atoms with Crippen LogP contribution in [0.1, 0.15) is 12.7 Å². The highest BCUT2D eigenvalue weighted by molar-refractivity contribution is 9.10. The SMILES string of the molecule is CC[NH+](CC(=O)Nc1ccc(Br)cc1)Cc1nc2ccccc2c(=O)[nH]1. The number of H-pyrrole nitrogens is 1. The molecule has 0 fully saturated rings. The van der Waals surface area contributed by atoms with Crippen LogP contribution >= 0.6 is 15.9 Å². The van der Waals surface area contributed by atoms with E-state index < -0.39 is 0 Å². The zero-order valence-electron chi connectivity index (χ0n) is 14.4. The molecule has 0 bridgehead atoms. The number of carbonyl (C=O) groups is 1. The van der Waals surface area contributed by atoms with Crippen molar-refractivity contribution in [2.45, 2.75) is 13.5 Å². The number of aromatic amines is 1. The van der Waals surface area contributed by atoms with Gasteiger partial charge in [0.1, 0.15) is 6.54 Å². The van der Waals surface area contributed by atoms with E-state index in [0.29, 0.717) is 29.8 Å². The molecule has 0 aliphatic heterocycles. The lowest BCUT2D eigenvalue weighted by Crippen LogP contribution is -3.11. The van der Waals surface area contributed by atoms with Crippen LogP contribution in [-0.2, 0) is 11.3 Å². The first kappa shape index (κ1) is 18.3. The average molecular weight is 416 g/mol. The van der Waals surface area contributed by atoms with Crippen molar-refractivity contribution in [2.75, 3.05) is 18.4 Å². The topological polar surface area (TPSA) is 79.3 Å². The van der Waals surface area contributed by atoms with Crippen molar-refractivity contribution < 1.29 is 9.69 Å². The summed E-state index contributed by atoms with van der Waals surface area (Å²) in [5, 5.41) is 3.46. The predicted molar refractivity (Wildman–Crippen MR) is 105 cm³/mol. The predicted octanol–water partition coefficient (Wildman–Crippen LogP) is 1.73. The second-order valence-electron chi connectivity index (χ2n) is 6.04. The summed E-state index contributed by atoms with van der Waals surface area (Å²) in [7, 11) is 0. The third-order valence-electron chi connectivity index (χ3n) is 4.12. The van der Waals surface area contributed by atoms with Gasteiger partial charge in [-0.05, 0) is 43.3 Å². The van der Waals surface area contributed by atoms with Crippen molar-refractivity contribution >= 4 is 38.4 Å². The maximum atomic E-state index is 12.3. The number of aromatic nitrogens is 2. The Morgan fingerprint density at radius 1 is 1.19 bits per heavy atom. The molecule has 1 atom stereocenters. The number of nitrogens with zero attached hydrogens (tertiary/aromatic N) is 1. The van der Waals surface area contributed by atoms with Gasteiger partial charge in [0.25, 0.3) is 11.5 Å². The molecule has 3 rings (SSSR count). The van der Waals surface area contributed by atoms with E-state index in [2.05, 4.69) is 31.2 Å². The standard InChI is InChI=1S/C19H19BrN4O2/c1-2-24(12-18(25)21-14-9-7-13(20)8-10-14)11-17-22-16-6-4-3-5-15(16)19(26)23-17/h3-10H,2,11-12H2,1H3,(H,21,25)(H,22,23,26)/p+1. The van der Waals surface area contributed by atoms with Crippen LogP contribution in [0, 0.1) is 0 Å². The summed E-state index contributed by atoms with van der Waals surface area (Å²) in [5.74, 6) is 0.509. The maximum absolute atomic E-state index is 12.3. The molecule has 134 valence electrons. The highest BCUT2D eigenvalue weighted by atomic mass is 79.9. The Morgan fingerprint density at radius 3 is 2.65 bits per heavy atom. The van der Waals surface area contributed by atoms with Crippen molar-refractivity contribution in [3.8, 4) is 0 Å². The first-order valence-corrected chi connectivity index (χ1v) is 9.21. The number of likely N-dealkylation sites (N-methyl/N-ethyl adjacent to an activating group) is 1. The molecular formula is C19H20BrN4O2+. The lowest BCUT2D eigenvalue weighted by Gasteiger charge is -2.17. The normalized spacial score (nSPS) is 12.1. The van der Waals surface area contributed by atoms with Gasteiger partial charge in [-0.2, -0.15) is 0 Å². The molecular weight excluding hydrogens is 396 g/mol. The smallest absolute Gasteiger partial charge is 0.279 e. The maximum Gasteiger partial charge on any atom is 0.279 e. The molecule has 0 aliphatic rings. The number of anilines is 1. The molecule has 0 saturated carbocycles. The summed E-state index contributed by atoms with van der Waals surface area (Å²) in [6.07, 6.45) is 0. The molecule has 0 saturated heterocycles. The summed E-state index contributed by atoms with van der Waals surface area (Å²) >= 11 is 3.37. The summed E-state index contributed by atoms with van der Waals surface area (Å²) in [6, 6.07) is 14.7. The molecule has 0 aliphatic carbocycles. The molecule has 1 aromatic heterocycles. The van der Waals surface area contributed by atoms with Gasteiger partial charge in [0.2, 0.25) is 0 Å². The van der Waals surface area contributed by atoms with E-state index in [-0.39, 0.29) is 11.5 Å². The van der Waals surface area contributed by atoms with Crippen molar-refractivity contribution in [3.63, 3.8) is 0 Å². The van der Waals surface area contributed by atoms with Crippen molar-refractivity contribution in [1.29, 1.82) is 0 Å². The summed E-state index contributed by atoms with van der Waals surface area (Å²) in [6.45, 7) is 3.51. The van der Waals surface area contributed by atoms with Gasteiger partial charge in [-0.25, -0.2) is 4.98 Å². The van der Waals surface area contributed by atoms with Gasteiger partial charge in [-0.3, -0.25) is 9.59 Å². The van der Waals surface area contributed by atoms with Gasteiger partial charge < -0.3 is 15.2 Å². The van der Waals surface area contributed by atoms with Crippen LogP contribution in [-0.4, -0.2) is 29.0 Å². The second kappa shape index (κ2) is 8.25. The Labute approximate surface area is 159 Å². The lowest BCUT2D eigenvalue weighted by atomic mass is 10.2. The Bertz CT molecular complexity index is 969. The number of fused-ring (bicyclic) bond motifs is 1. The average Bonchev–Trinajstić information content (AvgIpc) is 2.63. The number of hydrogen-bond donors (Lipinski definition) is 3. The third-order valence-corrected chi connectivity index (χ3v) is 4.65. The first-order valence-electron chi connectivity index (χ1n) is 8.42. The van der Waals surface area contributed by atoms with Crippen molar-refractivity contribution in [3.05, 3.63) is 69.2 Å². The van der Waals surface area contributed by atoms with E-state index in [4.69, 9.17) is 0 Å². The number of amides is 1. The highest BCUT2D eigenvalue weighted by Gasteiger charge is 2.15. The molecule has 2 aromatic carbocycles. The number of halogens is 1. The molecule has 1 amide bonds. The number of quaternary nitrogens is 1. The fraction of sp³-hybridized carbons (Fsp3) is 0.211. The van der Waals surface area contributed by atoms with Crippen LogP contribution in [0.4, 0.5) is 5.69 Å². The highest BCUT2D eigenvalue weighted by Crippen LogP contribution is 2.13. The fourth-order valence-corrected chi connectivity index (χ4v) is 3.00. The molecule has 0 spiro atoms. The minimum absolute atomic E-state index is 0.0766. The summed E-state index contributed by atoms with van der Waals surface area (Å²) in [4.78, 5) is 32.8. The molecule has 0 radical (unpaired) electrons. The number of para-hydroxylation sites is 1.